The Morgan fingerprint density at radius 2 is 1.74 bits per heavy atom. The van der Waals surface area contributed by atoms with Crippen molar-refractivity contribution in [2.75, 3.05) is 5.32 Å². The van der Waals surface area contributed by atoms with Crippen LogP contribution in [-0.4, -0.2) is 0 Å². The van der Waals surface area contributed by atoms with Crippen LogP contribution in [0.15, 0.2) is 27.9 Å². The first-order valence-electron chi connectivity index (χ1n) is 4.68. The van der Waals surface area contributed by atoms with Crippen molar-refractivity contribution in [2.24, 2.45) is 0 Å². The molecule has 0 saturated heterocycles. The summed E-state index contributed by atoms with van der Waals surface area (Å²) in [5, 5.41) is 37.6. The first-order valence-corrected chi connectivity index (χ1v) is 5.48. The van der Waals surface area contributed by atoms with Gasteiger partial charge in [-0.3, -0.25) is 0 Å². The summed E-state index contributed by atoms with van der Waals surface area (Å²) in [4.78, 5) is 0. The Morgan fingerprint density at radius 3 is 2.21 bits per heavy atom. The molecule has 19 heavy (non-hydrogen) atoms. The highest BCUT2D eigenvalue weighted by Crippen LogP contribution is 2.30. The molecular formula is C12H3BrFN5. The van der Waals surface area contributed by atoms with Crippen LogP contribution in [0.25, 0.3) is 0 Å². The number of rotatable bonds is 2. The first kappa shape index (κ1) is 14.2. The van der Waals surface area contributed by atoms with Gasteiger partial charge in [-0.1, -0.05) is 0 Å². The second-order valence-corrected chi connectivity index (χ2v) is 3.90. The van der Waals surface area contributed by atoms with Crippen molar-refractivity contribution < 1.29 is 4.39 Å². The van der Waals surface area contributed by atoms with E-state index in [0.717, 1.165) is 6.07 Å². The molecule has 1 aromatic carbocycles. The van der Waals surface area contributed by atoms with Gasteiger partial charge in [-0.25, -0.2) is 4.39 Å². The number of nitrogens with one attached hydrogen (secondary N) is 1. The standard InChI is InChI=1S/C12H3BrFN5/c13-11-9(14)2-1-7(3-15)12(11)19-10(6-18)8(4-16)5-17/h1-2,19H. The molecule has 0 saturated carbocycles. The Hall–Kier alpha value is -2.87. The molecule has 0 bridgehead atoms. The van der Waals surface area contributed by atoms with Crippen molar-refractivity contribution in [3.8, 4) is 24.3 Å². The predicted molar refractivity (Wildman–Crippen MR) is 66.3 cm³/mol. The van der Waals surface area contributed by atoms with Gasteiger partial charge in [-0.15, -0.1) is 0 Å². The summed E-state index contributed by atoms with van der Waals surface area (Å²) in [6, 6.07) is 8.81. The summed E-state index contributed by atoms with van der Waals surface area (Å²) < 4.78 is 13.3. The smallest absolute Gasteiger partial charge is 0.163 e. The van der Waals surface area contributed by atoms with Gasteiger partial charge >= 0.3 is 0 Å². The second-order valence-electron chi connectivity index (χ2n) is 3.11. The van der Waals surface area contributed by atoms with Crippen LogP contribution in [-0.2, 0) is 0 Å². The molecule has 0 atom stereocenters. The lowest BCUT2D eigenvalue weighted by Crippen LogP contribution is -2.04. The third kappa shape index (κ3) is 2.87. The van der Waals surface area contributed by atoms with E-state index in [9.17, 15) is 4.39 Å². The zero-order valence-corrected chi connectivity index (χ0v) is 10.8. The van der Waals surface area contributed by atoms with Gasteiger partial charge in [0.25, 0.3) is 0 Å². The number of hydrogen-bond donors (Lipinski definition) is 1. The SMILES string of the molecule is N#CC(C#N)=C(C#N)Nc1c(C#N)ccc(F)c1Br. The zero-order chi connectivity index (χ0) is 14.4. The van der Waals surface area contributed by atoms with E-state index in [1.54, 1.807) is 6.07 Å². The van der Waals surface area contributed by atoms with E-state index in [2.05, 4.69) is 21.2 Å². The Morgan fingerprint density at radius 1 is 1.11 bits per heavy atom. The van der Waals surface area contributed by atoms with Crippen molar-refractivity contribution in [2.45, 2.75) is 0 Å². The van der Waals surface area contributed by atoms with Gasteiger partial charge in [0.05, 0.1) is 15.7 Å². The van der Waals surface area contributed by atoms with Crippen LogP contribution in [0.5, 0.6) is 0 Å². The van der Waals surface area contributed by atoms with Crippen LogP contribution in [0.3, 0.4) is 0 Å². The monoisotopic (exact) mass is 315 g/mol. The van der Waals surface area contributed by atoms with Gasteiger partial charge in [0, 0.05) is 0 Å². The molecule has 0 unspecified atom stereocenters. The molecule has 1 rings (SSSR count). The summed E-state index contributed by atoms with van der Waals surface area (Å²) >= 11 is 2.94. The van der Waals surface area contributed by atoms with Crippen molar-refractivity contribution in [1.29, 1.82) is 21.0 Å². The van der Waals surface area contributed by atoms with Crippen molar-refractivity contribution >= 4 is 21.6 Å². The molecule has 7 heteroatoms. The molecule has 90 valence electrons. The van der Waals surface area contributed by atoms with Gasteiger partial charge in [-0.2, -0.15) is 21.0 Å². The Kier molecular flexibility index (Phi) is 4.61. The summed E-state index contributed by atoms with van der Waals surface area (Å²) in [6.45, 7) is 0. The molecule has 1 N–H and O–H groups in total. The van der Waals surface area contributed by atoms with Crippen LogP contribution < -0.4 is 5.32 Å². The average Bonchev–Trinajstić information content (AvgIpc) is 2.43. The van der Waals surface area contributed by atoms with E-state index in [4.69, 9.17) is 21.0 Å². The van der Waals surface area contributed by atoms with Crippen molar-refractivity contribution in [1.82, 2.24) is 0 Å². The van der Waals surface area contributed by atoms with E-state index in [1.165, 1.54) is 18.2 Å². The molecule has 0 amide bonds. The highest BCUT2D eigenvalue weighted by atomic mass is 79.9. The van der Waals surface area contributed by atoms with Crippen LogP contribution in [0.2, 0.25) is 0 Å². The topological polar surface area (TPSA) is 107 Å². The normalized spacial score (nSPS) is 8.32. The van der Waals surface area contributed by atoms with Gasteiger partial charge in [0.1, 0.15) is 35.8 Å². The average molecular weight is 316 g/mol. The number of hydrogen-bond acceptors (Lipinski definition) is 5. The molecule has 0 aromatic heterocycles. The number of allylic oxidation sites excluding steroid dienone is 2. The van der Waals surface area contributed by atoms with Crippen LogP contribution in [0, 0.1) is 51.1 Å². The molecule has 0 radical (unpaired) electrons. The van der Waals surface area contributed by atoms with Gasteiger partial charge in [-0.05, 0) is 28.1 Å². The predicted octanol–water partition coefficient (Wildman–Crippen LogP) is 2.70. The minimum absolute atomic E-state index is 0.0120. The molecule has 5 nitrogen and oxygen atoms in total. The van der Waals surface area contributed by atoms with Crippen LogP contribution >= 0.6 is 15.9 Å². The van der Waals surface area contributed by atoms with Gasteiger partial charge in [0.15, 0.2) is 5.57 Å². The molecule has 0 aliphatic heterocycles. The first-order chi connectivity index (χ1) is 9.08. The largest absolute Gasteiger partial charge is 0.343 e. The van der Waals surface area contributed by atoms with Crippen molar-refractivity contribution in [3.05, 3.63) is 39.3 Å². The third-order valence-corrected chi connectivity index (χ3v) is 2.83. The lowest BCUT2D eigenvalue weighted by Gasteiger charge is -2.09. The maximum atomic E-state index is 13.4. The van der Waals surface area contributed by atoms with E-state index in [0.29, 0.717) is 0 Å². The zero-order valence-electron chi connectivity index (χ0n) is 9.20. The molecule has 1 aromatic rings. The summed E-state index contributed by atoms with van der Waals surface area (Å²) in [5.74, 6) is -0.644. The maximum Gasteiger partial charge on any atom is 0.163 e. The van der Waals surface area contributed by atoms with E-state index in [1.807, 2.05) is 6.07 Å². The molecule has 0 spiro atoms. The maximum absolute atomic E-state index is 13.4. The Balaban J connectivity index is 3.45. The van der Waals surface area contributed by atoms with E-state index < -0.39 is 11.4 Å². The van der Waals surface area contributed by atoms with Gasteiger partial charge < -0.3 is 5.32 Å². The van der Waals surface area contributed by atoms with Crippen LogP contribution in [0.1, 0.15) is 5.56 Å². The highest BCUT2D eigenvalue weighted by molar-refractivity contribution is 9.10. The number of anilines is 1. The quantitative estimate of drug-likeness (QED) is 0.844. The van der Waals surface area contributed by atoms with Crippen LogP contribution in [0.4, 0.5) is 10.1 Å². The number of nitrogens with zero attached hydrogens (tertiary/aromatic N) is 4. The lowest BCUT2D eigenvalue weighted by atomic mass is 10.1. The fraction of sp³-hybridized carbons (Fsp3) is 0. The minimum Gasteiger partial charge on any atom is -0.343 e. The third-order valence-electron chi connectivity index (χ3n) is 2.05. The van der Waals surface area contributed by atoms with Crippen molar-refractivity contribution in [3.63, 3.8) is 0 Å². The number of benzene rings is 1. The Bertz CT molecular complexity index is 709. The van der Waals surface area contributed by atoms with E-state index in [-0.39, 0.29) is 21.4 Å². The summed E-state index contributed by atoms with van der Waals surface area (Å²) in [7, 11) is 0. The minimum atomic E-state index is -0.644. The highest BCUT2D eigenvalue weighted by Gasteiger charge is 2.14. The second kappa shape index (κ2) is 6.17. The number of nitriles is 4. The fourth-order valence-corrected chi connectivity index (χ4v) is 1.62. The van der Waals surface area contributed by atoms with E-state index >= 15 is 0 Å². The fourth-order valence-electron chi connectivity index (χ4n) is 1.17. The molecule has 0 aliphatic rings. The van der Waals surface area contributed by atoms with Gasteiger partial charge in [0.2, 0.25) is 0 Å². The molecule has 0 aliphatic carbocycles. The summed E-state index contributed by atoms with van der Waals surface area (Å²) in [6.07, 6.45) is 0. The molecule has 0 heterocycles. The lowest BCUT2D eigenvalue weighted by molar-refractivity contribution is 0.621. The Labute approximate surface area is 116 Å². The molecular weight excluding hydrogens is 313 g/mol. The summed E-state index contributed by atoms with van der Waals surface area (Å²) in [5.41, 5.74) is -0.756. The number of halogens is 2. The molecule has 0 fully saturated rings.